The number of piperidine rings is 1. The van der Waals surface area contributed by atoms with Crippen molar-refractivity contribution in [1.29, 1.82) is 0 Å². The van der Waals surface area contributed by atoms with Gasteiger partial charge in [0.05, 0.1) is 10.2 Å². The Kier molecular flexibility index (Phi) is 3.99. The van der Waals surface area contributed by atoms with Gasteiger partial charge in [0.25, 0.3) is 0 Å². The Morgan fingerprint density at radius 1 is 1.24 bits per heavy atom. The minimum Gasteiger partial charge on any atom is -0.369 e. The van der Waals surface area contributed by atoms with Crippen LogP contribution in [0.25, 0.3) is 0 Å². The second kappa shape index (κ2) is 5.31. The first-order valence-electron chi connectivity index (χ1n) is 5.68. The van der Waals surface area contributed by atoms with Gasteiger partial charge in [-0.15, -0.1) is 0 Å². The lowest BCUT2D eigenvalue weighted by molar-refractivity contribution is 0.438. The van der Waals surface area contributed by atoms with Crippen molar-refractivity contribution in [2.75, 3.05) is 25.0 Å². The molecule has 1 saturated heterocycles. The van der Waals surface area contributed by atoms with Crippen LogP contribution in [0.4, 0.5) is 14.5 Å². The number of nitrogens with one attached hydrogen (secondary N) is 1. The number of benzene rings is 1. The fraction of sp³-hybridized carbons (Fsp3) is 0.500. The molecule has 0 atom stereocenters. The molecule has 94 valence electrons. The predicted octanol–water partition coefficient (Wildman–Crippen LogP) is 2.92. The summed E-state index contributed by atoms with van der Waals surface area (Å²) in [6.45, 7) is 1.51. The highest BCUT2D eigenvalue weighted by molar-refractivity contribution is 9.10. The van der Waals surface area contributed by atoms with Gasteiger partial charge >= 0.3 is 0 Å². The zero-order chi connectivity index (χ0) is 12.4. The molecule has 17 heavy (non-hydrogen) atoms. The molecule has 1 N–H and O–H groups in total. The summed E-state index contributed by atoms with van der Waals surface area (Å²) in [4.78, 5) is 1.90. The summed E-state index contributed by atoms with van der Waals surface area (Å²) in [5.74, 6) is -0.793. The summed E-state index contributed by atoms with van der Waals surface area (Å²) in [6, 6.07) is 2.93. The van der Waals surface area contributed by atoms with Crippen molar-refractivity contribution in [3.05, 3.63) is 28.2 Å². The second-order valence-electron chi connectivity index (χ2n) is 4.27. The van der Waals surface area contributed by atoms with Gasteiger partial charge in [-0.05, 0) is 41.9 Å². The van der Waals surface area contributed by atoms with Crippen molar-refractivity contribution < 1.29 is 8.78 Å². The van der Waals surface area contributed by atoms with E-state index in [0.29, 0.717) is 11.7 Å². The summed E-state index contributed by atoms with van der Waals surface area (Å²) >= 11 is 2.98. The normalized spacial score (nSPS) is 17.5. The van der Waals surface area contributed by atoms with Crippen molar-refractivity contribution in [1.82, 2.24) is 5.32 Å². The molecule has 0 amide bonds. The first-order chi connectivity index (χ1) is 8.11. The largest absolute Gasteiger partial charge is 0.369 e. The van der Waals surface area contributed by atoms with Crippen LogP contribution in [0.3, 0.4) is 0 Å². The van der Waals surface area contributed by atoms with Crippen LogP contribution >= 0.6 is 15.9 Å². The molecule has 0 bridgehead atoms. The Morgan fingerprint density at radius 3 is 2.47 bits per heavy atom. The molecule has 1 fully saturated rings. The molecule has 1 aliphatic rings. The summed E-state index contributed by atoms with van der Waals surface area (Å²) in [7, 11) is 1.93. The lowest BCUT2D eigenvalue weighted by atomic mass is 10.0. The van der Waals surface area contributed by atoms with E-state index in [4.69, 9.17) is 0 Å². The molecule has 0 saturated carbocycles. The molecule has 0 radical (unpaired) electrons. The SMILES string of the molecule is CNC1CCN(c2cc(F)c(Br)cc2F)CC1. The van der Waals surface area contributed by atoms with Gasteiger partial charge in [-0.25, -0.2) is 8.78 Å². The quantitative estimate of drug-likeness (QED) is 0.845. The monoisotopic (exact) mass is 304 g/mol. The smallest absolute Gasteiger partial charge is 0.147 e. The fourth-order valence-electron chi connectivity index (χ4n) is 2.16. The van der Waals surface area contributed by atoms with Crippen LogP contribution in [0.15, 0.2) is 16.6 Å². The van der Waals surface area contributed by atoms with Crippen molar-refractivity contribution in [2.45, 2.75) is 18.9 Å². The van der Waals surface area contributed by atoms with E-state index in [-0.39, 0.29) is 10.3 Å². The average Bonchev–Trinajstić information content (AvgIpc) is 2.34. The maximum atomic E-state index is 13.7. The molecule has 0 spiro atoms. The van der Waals surface area contributed by atoms with Crippen molar-refractivity contribution in [2.24, 2.45) is 0 Å². The first-order valence-corrected chi connectivity index (χ1v) is 6.48. The Labute approximate surface area is 108 Å². The fourth-order valence-corrected chi connectivity index (χ4v) is 2.48. The first kappa shape index (κ1) is 12.8. The third kappa shape index (κ3) is 2.77. The molecule has 0 aliphatic carbocycles. The molecule has 0 aromatic heterocycles. The van der Waals surface area contributed by atoms with Gasteiger partial charge in [-0.3, -0.25) is 0 Å². The van der Waals surface area contributed by atoms with Crippen molar-refractivity contribution in [3.63, 3.8) is 0 Å². The maximum Gasteiger partial charge on any atom is 0.147 e. The van der Waals surface area contributed by atoms with E-state index in [9.17, 15) is 8.78 Å². The van der Waals surface area contributed by atoms with Crippen LogP contribution < -0.4 is 10.2 Å². The zero-order valence-electron chi connectivity index (χ0n) is 9.64. The topological polar surface area (TPSA) is 15.3 Å². The Hall–Kier alpha value is -0.680. The minimum absolute atomic E-state index is 0.170. The number of rotatable bonds is 2. The van der Waals surface area contributed by atoms with Gasteiger partial charge in [-0.2, -0.15) is 0 Å². The van der Waals surface area contributed by atoms with Crippen LogP contribution in [-0.4, -0.2) is 26.2 Å². The Morgan fingerprint density at radius 2 is 1.88 bits per heavy atom. The molecule has 1 aromatic rings. The van der Waals surface area contributed by atoms with Gasteiger partial charge in [0.1, 0.15) is 11.6 Å². The number of hydrogen-bond donors (Lipinski definition) is 1. The van der Waals surface area contributed by atoms with Gasteiger partial charge in [0, 0.05) is 25.2 Å². The number of nitrogens with zero attached hydrogens (tertiary/aromatic N) is 1. The lowest BCUT2D eigenvalue weighted by Gasteiger charge is -2.33. The summed E-state index contributed by atoms with van der Waals surface area (Å²) in [5, 5.41) is 3.21. The molecule has 1 aromatic carbocycles. The molecule has 1 aliphatic heterocycles. The zero-order valence-corrected chi connectivity index (χ0v) is 11.2. The predicted molar refractivity (Wildman–Crippen MR) is 68.4 cm³/mol. The van der Waals surface area contributed by atoms with Crippen molar-refractivity contribution >= 4 is 21.6 Å². The molecular formula is C12H15BrF2N2. The van der Waals surface area contributed by atoms with Crippen LogP contribution in [0.5, 0.6) is 0 Å². The highest BCUT2D eigenvalue weighted by Gasteiger charge is 2.21. The molecule has 0 unspecified atom stereocenters. The van der Waals surface area contributed by atoms with Crippen molar-refractivity contribution in [3.8, 4) is 0 Å². The number of hydrogen-bond acceptors (Lipinski definition) is 2. The minimum atomic E-state index is -0.419. The van der Waals surface area contributed by atoms with Crippen LogP contribution in [-0.2, 0) is 0 Å². The standard InChI is InChI=1S/C12H15BrF2N2/c1-16-8-2-4-17(5-3-8)12-7-10(14)9(13)6-11(12)15/h6-8,16H,2-5H2,1H3. The highest BCUT2D eigenvalue weighted by atomic mass is 79.9. The van der Waals surface area contributed by atoms with E-state index >= 15 is 0 Å². The second-order valence-corrected chi connectivity index (χ2v) is 5.12. The number of halogens is 3. The molecule has 2 nitrogen and oxygen atoms in total. The molecule has 5 heteroatoms. The van der Waals surface area contributed by atoms with E-state index < -0.39 is 5.82 Å². The van der Waals surface area contributed by atoms with Gasteiger partial charge in [0.15, 0.2) is 0 Å². The Bertz CT molecular complexity index is 404. The third-order valence-corrected chi connectivity index (χ3v) is 3.84. The average molecular weight is 305 g/mol. The van der Waals surface area contributed by atoms with E-state index in [1.807, 2.05) is 11.9 Å². The van der Waals surface area contributed by atoms with Gasteiger partial charge < -0.3 is 10.2 Å². The maximum absolute atomic E-state index is 13.7. The number of anilines is 1. The van der Waals surface area contributed by atoms with E-state index in [1.54, 1.807) is 0 Å². The van der Waals surface area contributed by atoms with E-state index in [1.165, 1.54) is 12.1 Å². The van der Waals surface area contributed by atoms with Crippen LogP contribution in [0.1, 0.15) is 12.8 Å². The van der Waals surface area contributed by atoms with Gasteiger partial charge in [-0.1, -0.05) is 0 Å². The summed E-state index contributed by atoms with van der Waals surface area (Å²) in [6.07, 6.45) is 1.90. The van der Waals surface area contributed by atoms with E-state index in [2.05, 4.69) is 21.2 Å². The van der Waals surface area contributed by atoms with Gasteiger partial charge in [0.2, 0.25) is 0 Å². The Balaban J connectivity index is 2.16. The van der Waals surface area contributed by atoms with E-state index in [0.717, 1.165) is 25.9 Å². The van der Waals surface area contributed by atoms with Crippen LogP contribution in [0.2, 0.25) is 0 Å². The molecular weight excluding hydrogens is 290 g/mol. The molecule has 2 rings (SSSR count). The summed E-state index contributed by atoms with van der Waals surface area (Å²) in [5.41, 5.74) is 0.361. The third-order valence-electron chi connectivity index (χ3n) is 3.23. The lowest BCUT2D eigenvalue weighted by Crippen LogP contribution is -2.41. The highest BCUT2D eigenvalue weighted by Crippen LogP contribution is 2.28. The summed E-state index contributed by atoms with van der Waals surface area (Å²) < 4.78 is 27.3. The molecule has 1 heterocycles. The van der Waals surface area contributed by atoms with Crippen LogP contribution in [0, 0.1) is 11.6 Å².